The lowest BCUT2D eigenvalue weighted by Gasteiger charge is -2.14. The largest absolute Gasteiger partial charge is 0.491 e. The fourth-order valence-corrected chi connectivity index (χ4v) is 2.43. The Hall–Kier alpha value is -2.53. The van der Waals surface area contributed by atoms with Crippen molar-refractivity contribution in [3.8, 4) is 11.5 Å². The Bertz CT molecular complexity index is 712. The number of benzene rings is 2. The van der Waals surface area contributed by atoms with E-state index in [0.717, 1.165) is 11.3 Å². The molecule has 27 heavy (non-hydrogen) atoms. The molecule has 0 aliphatic rings. The number of hydrogen-bond donors (Lipinski definition) is 2. The molecule has 1 amide bonds. The van der Waals surface area contributed by atoms with Gasteiger partial charge in [0.1, 0.15) is 11.5 Å². The highest BCUT2D eigenvalue weighted by atomic mass is 16.5. The summed E-state index contributed by atoms with van der Waals surface area (Å²) in [5.41, 5.74) is 1.79. The minimum atomic E-state index is -0.102. The first-order chi connectivity index (χ1) is 12.9. The van der Waals surface area contributed by atoms with E-state index in [9.17, 15) is 4.79 Å². The number of carbonyl (C=O) groups excluding carboxylic acids is 1. The summed E-state index contributed by atoms with van der Waals surface area (Å²) in [7, 11) is 0. The second-order valence-electron chi connectivity index (χ2n) is 7.16. The number of hydrogen-bond acceptors (Lipinski definition) is 4. The molecule has 2 N–H and O–H groups in total. The van der Waals surface area contributed by atoms with Crippen LogP contribution in [-0.4, -0.2) is 25.2 Å². The highest BCUT2D eigenvalue weighted by Crippen LogP contribution is 2.24. The molecule has 0 saturated carbocycles. The first-order valence-corrected chi connectivity index (χ1v) is 9.42. The number of anilines is 1. The minimum Gasteiger partial charge on any atom is -0.491 e. The summed E-state index contributed by atoms with van der Waals surface area (Å²) in [5.74, 6) is 1.87. The Morgan fingerprint density at radius 2 is 1.70 bits per heavy atom. The quantitative estimate of drug-likeness (QED) is 0.657. The van der Waals surface area contributed by atoms with Gasteiger partial charge in [-0.3, -0.25) is 4.79 Å². The summed E-state index contributed by atoms with van der Waals surface area (Å²) in [6.07, 6.45) is 0.157. The van der Waals surface area contributed by atoms with Gasteiger partial charge in [-0.15, -0.1) is 0 Å². The first-order valence-electron chi connectivity index (χ1n) is 9.42. The van der Waals surface area contributed by atoms with E-state index in [-0.39, 0.29) is 18.6 Å². The predicted molar refractivity (Wildman–Crippen MR) is 109 cm³/mol. The second-order valence-corrected chi connectivity index (χ2v) is 7.16. The van der Waals surface area contributed by atoms with Crippen LogP contribution < -0.4 is 20.1 Å². The lowest BCUT2D eigenvalue weighted by atomic mass is 10.2. The summed E-state index contributed by atoms with van der Waals surface area (Å²) >= 11 is 0. The summed E-state index contributed by atoms with van der Waals surface area (Å²) in [6, 6.07) is 15.4. The third kappa shape index (κ3) is 7.71. The molecule has 0 radical (unpaired) electrons. The van der Waals surface area contributed by atoms with Crippen LogP contribution in [0.15, 0.2) is 48.5 Å². The number of amides is 1. The standard InChI is InChI=1S/C22H30N2O3/c1-16(2)15-26-21-8-6-5-7-20(21)24-22(25)14-23-13-18-9-11-19(12-10-18)27-17(3)4/h5-12,16-17,23H,13-15H2,1-4H3,(H,24,25). The van der Waals surface area contributed by atoms with Crippen molar-refractivity contribution < 1.29 is 14.3 Å². The third-order valence-electron chi connectivity index (χ3n) is 3.64. The van der Waals surface area contributed by atoms with Gasteiger partial charge in [0, 0.05) is 6.54 Å². The predicted octanol–water partition coefficient (Wildman–Crippen LogP) is 4.24. The van der Waals surface area contributed by atoms with Crippen molar-refractivity contribution in [2.24, 2.45) is 5.92 Å². The summed E-state index contributed by atoms with van der Waals surface area (Å²) < 4.78 is 11.4. The van der Waals surface area contributed by atoms with Gasteiger partial charge in [0.25, 0.3) is 0 Å². The van der Waals surface area contributed by atoms with Crippen LogP contribution in [0.4, 0.5) is 5.69 Å². The van der Waals surface area contributed by atoms with Gasteiger partial charge in [0.15, 0.2) is 0 Å². The smallest absolute Gasteiger partial charge is 0.238 e. The van der Waals surface area contributed by atoms with Crippen LogP contribution in [0, 0.1) is 5.92 Å². The average Bonchev–Trinajstić information content (AvgIpc) is 2.62. The summed E-state index contributed by atoms with van der Waals surface area (Å²) in [6.45, 7) is 9.63. The van der Waals surface area contributed by atoms with Crippen LogP contribution in [0.2, 0.25) is 0 Å². The lowest BCUT2D eigenvalue weighted by molar-refractivity contribution is -0.115. The van der Waals surface area contributed by atoms with Gasteiger partial charge in [0.2, 0.25) is 5.91 Å². The van der Waals surface area contributed by atoms with E-state index in [2.05, 4.69) is 24.5 Å². The van der Waals surface area contributed by atoms with E-state index in [0.29, 0.717) is 30.5 Å². The van der Waals surface area contributed by atoms with Crippen molar-refractivity contribution in [2.45, 2.75) is 40.3 Å². The molecule has 0 aromatic heterocycles. The molecule has 2 aromatic rings. The normalized spacial score (nSPS) is 10.9. The maximum absolute atomic E-state index is 12.2. The highest BCUT2D eigenvalue weighted by Gasteiger charge is 2.08. The van der Waals surface area contributed by atoms with Crippen molar-refractivity contribution in [1.29, 1.82) is 0 Å². The molecule has 5 nitrogen and oxygen atoms in total. The van der Waals surface area contributed by atoms with Gasteiger partial charge >= 0.3 is 0 Å². The Morgan fingerprint density at radius 3 is 2.37 bits per heavy atom. The third-order valence-corrected chi connectivity index (χ3v) is 3.64. The molecule has 0 unspecified atom stereocenters. The maximum Gasteiger partial charge on any atom is 0.238 e. The van der Waals surface area contributed by atoms with Crippen LogP contribution in [0.1, 0.15) is 33.3 Å². The van der Waals surface area contributed by atoms with E-state index in [1.807, 2.05) is 62.4 Å². The Kier molecular flexibility index (Phi) is 8.14. The Balaban J connectivity index is 1.79. The number of nitrogens with one attached hydrogen (secondary N) is 2. The second kappa shape index (κ2) is 10.6. The van der Waals surface area contributed by atoms with Gasteiger partial charge in [-0.25, -0.2) is 0 Å². The van der Waals surface area contributed by atoms with Crippen LogP contribution in [0.5, 0.6) is 11.5 Å². The molecule has 2 aromatic carbocycles. The SMILES string of the molecule is CC(C)COc1ccccc1NC(=O)CNCc1ccc(OC(C)C)cc1. The van der Waals surface area contributed by atoms with Crippen molar-refractivity contribution in [3.63, 3.8) is 0 Å². The Morgan fingerprint density at radius 1 is 1.00 bits per heavy atom. The lowest BCUT2D eigenvalue weighted by Crippen LogP contribution is -2.28. The van der Waals surface area contributed by atoms with E-state index < -0.39 is 0 Å². The molecule has 0 spiro atoms. The van der Waals surface area contributed by atoms with Crippen LogP contribution >= 0.6 is 0 Å². The van der Waals surface area contributed by atoms with E-state index in [1.165, 1.54) is 0 Å². The molecule has 0 aliphatic carbocycles. The fraction of sp³-hybridized carbons (Fsp3) is 0.409. The number of rotatable bonds is 10. The molecule has 0 fully saturated rings. The average molecular weight is 370 g/mol. The zero-order valence-corrected chi connectivity index (χ0v) is 16.6. The number of carbonyl (C=O) groups is 1. The molecule has 0 aliphatic heterocycles. The zero-order chi connectivity index (χ0) is 19.6. The zero-order valence-electron chi connectivity index (χ0n) is 16.6. The molecule has 0 bridgehead atoms. The molecule has 0 saturated heterocycles. The molecule has 0 atom stereocenters. The van der Waals surface area contributed by atoms with E-state index in [1.54, 1.807) is 0 Å². The molecular weight excluding hydrogens is 340 g/mol. The molecule has 2 rings (SSSR count). The minimum absolute atomic E-state index is 0.102. The van der Waals surface area contributed by atoms with Crippen molar-refractivity contribution in [2.75, 3.05) is 18.5 Å². The van der Waals surface area contributed by atoms with Crippen LogP contribution in [-0.2, 0) is 11.3 Å². The van der Waals surface area contributed by atoms with Gasteiger partial charge in [-0.2, -0.15) is 0 Å². The number of ether oxygens (including phenoxy) is 2. The maximum atomic E-state index is 12.2. The highest BCUT2D eigenvalue weighted by molar-refractivity contribution is 5.93. The number of para-hydroxylation sites is 2. The monoisotopic (exact) mass is 370 g/mol. The van der Waals surface area contributed by atoms with Gasteiger partial charge in [-0.1, -0.05) is 38.1 Å². The van der Waals surface area contributed by atoms with Gasteiger partial charge in [0.05, 0.1) is 24.9 Å². The van der Waals surface area contributed by atoms with E-state index in [4.69, 9.17) is 9.47 Å². The van der Waals surface area contributed by atoms with Crippen LogP contribution in [0.3, 0.4) is 0 Å². The topological polar surface area (TPSA) is 59.6 Å². The first kappa shape index (κ1) is 20.8. The fourth-order valence-electron chi connectivity index (χ4n) is 2.43. The Labute approximate surface area is 162 Å². The van der Waals surface area contributed by atoms with E-state index >= 15 is 0 Å². The summed E-state index contributed by atoms with van der Waals surface area (Å²) in [5, 5.41) is 6.06. The van der Waals surface area contributed by atoms with Gasteiger partial charge in [-0.05, 0) is 49.6 Å². The van der Waals surface area contributed by atoms with Crippen LogP contribution in [0.25, 0.3) is 0 Å². The summed E-state index contributed by atoms with van der Waals surface area (Å²) in [4.78, 5) is 12.2. The molecule has 146 valence electrons. The van der Waals surface area contributed by atoms with Crippen molar-refractivity contribution >= 4 is 11.6 Å². The molecular formula is C22H30N2O3. The van der Waals surface area contributed by atoms with Gasteiger partial charge < -0.3 is 20.1 Å². The molecule has 0 heterocycles. The molecule has 5 heteroatoms. The van der Waals surface area contributed by atoms with Crippen molar-refractivity contribution in [1.82, 2.24) is 5.32 Å². The van der Waals surface area contributed by atoms with Crippen molar-refractivity contribution in [3.05, 3.63) is 54.1 Å².